The molecule has 1 atom stereocenters. The number of ether oxygens (including phenoxy) is 1. The molecule has 6 heteroatoms. The predicted molar refractivity (Wildman–Crippen MR) is 80.5 cm³/mol. The van der Waals surface area contributed by atoms with Gasteiger partial charge in [-0.05, 0) is 37.3 Å². The van der Waals surface area contributed by atoms with Crippen molar-refractivity contribution in [2.75, 3.05) is 31.6 Å². The highest BCUT2D eigenvalue weighted by Gasteiger charge is 2.19. The second kappa shape index (κ2) is 6.41. The Morgan fingerprint density at radius 3 is 3.10 bits per heavy atom. The number of fused-ring (bicyclic) bond motifs is 1. The lowest BCUT2D eigenvalue weighted by Gasteiger charge is -2.25. The van der Waals surface area contributed by atoms with Crippen molar-refractivity contribution < 1.29 is 9.53 Å². The van der Waals surface area contributed by atoms with Crippen LogP contribution in [0, 0.1) is 0 Å². The summed E-state index contributed by atoms with van der Waals surface area (Å²) in [4.78, 5) is 16.3. The second-order valence-corrected chi connectivity index (χ2v) is 5.67. The van der Waals surface area contributed by atoms with Gasteiger partial charge in [0.2, 0.25) is 0 Å². The zero-order valence-electron chi connectivity index (χ0n) is 12.2. The zero-order valence-corrected chi connectivity index (χ0v) is 12.2. The third-order valence-corrected chi connectivity index (χ3v) is 4.08. The van der Waals surface area contributed by atoms with Crippen LogP contribution in [-0.2, 0) is 17.6 Å². The van der Waals surface area contributed by atoms with Gasteiger partial charge in [0.05, 0.1) is 18.8 Å². The van der Waals surface area contributed by atoms with E-state index in [0.29, 0.717) is 24.5 Å². The molecule has 1 aromatic heterocycles. The summed E-state index contributed by atoms with van der Waals surface area (Å²) in [7, 11) is 0. The predicted octanol–water partition coefficient (Wildman–Crippen LogP) is 0.460. The van der Waals surface area contributed by atoms with Crippen molar-refractivity contribution in [3.63, 3.8) is 0 Å². The quantitative estimate of drug-likeness (QED) is 0.749. The normalized spacial score (nSPS) is 21.6. The van der Waals surface area contributed by atoms with Crippen LogP contribution in [0.3, 0.4) is 0 Å². The molecule has 0 saturated carbocycles. The third kappa shape index (κ3) is 3.33. The number of primary amides is 1. The number of anilines is 1. The number of morpholine rings is 1. The maximum absolute atomic E-state index is 11.7. The second-order valence-electron chi connectivity index (χ2n) is 5.67. The van der Waals surface area contributed by atoms with Crippen LogP contribution in [0.25, 0.3) is 0 Å². The summed E-state index contributed by atoms with van der Waals surface area (Å²) >= 11 is 0. The minimum atomic E-state index is -0.425. The van der Waals surface area contributed by atoms with E-state index in [1.54, 1.807) is 0 Å². The Hall–Kier alpha value is -1.66. The fraction of sp³-hybridized carbons (Fsp3) is 0.600. The molecule has 1 amide bonds. The van der Waals surface area contributed by atoms with Crippen LogP contribution in [0.15, 0.2) is 6.07 Å². The number of hydrogen-bond acceptors (Lipinski definition) is 5. The van der Waals surface area contributed by atoms with Gasteiger partial charge in [-0.2, -0.15) is 0 Å². The smallest absolute Gasteiger partial charge is 0.252 e. The number of amides is 1. The SMILES string of the molecule is NC(=O)c1cc2c(nc1NCC1COCCN1)CCCC2. The van der Waals surface area contributed by atoms with Crippen molar-refractivity contribution >= 4 is 11.7 Å². The van der Waals surface area contributed by atoms with Gasteiger partial charge < -0.3 is 21.1 Å². The van der Waals surface area contributed by atoms with Gasteiger partial charge in [0.25, 0.3) is 5.91 Å². The van der Waals surface area contributed by atoms with Gasteiger partial charge >= 0.3 is 0 Å². The maximum Gasteiger partial charge on any atom is 0.252 e. The standard InChI is InChI=1S/C15H22N4O2/c16-14(20)12-7-10-3-1-2-4-13(10)19-15(12)18-8-11-9-21-6-5-17-11/h7,11,17H,1-6,8-9H2,(H2,16,20)(H,18,19). The Labute approximate surface area is 124 Å². The number of rotatable bonds is 4. The van der Waals surface area contributed by atoms with E-state index in [1.165, 1.54) is 5.56 Å². The summed E-state index contributed by atoms with van der Waals surface area (Å²) in [5, 5.41) is 6.63. The highest BCUT2D eigenvalue weighted by molar-refractivity contribution is 5.97. The molecule has 0 radical (unpaired) electrons. The van der Waals surface area contributed by atoms with Gasteiger partial charge in [-0.1, -0.05) is 0 Å². The van der Waals surface area contributed by atoms with Gasteiger partial charge in [0.1, 0.15) is 5.82 Å². The Morgan fingerprint density at radius 2 is 2.33 bits per heavy atom. The van der Waals surface area contributed by atoms with E-state index in [0.717, 1.165) is 44.5 Å². The van der Waals surface area contributed by atoms with Crippen LogP contribution < -0.4 is 16.4 Å². The third-order valence-electron chi connectivity index (χ3n) is 4.08. The average Bonchev–Trinajstić information content (AvgIpc) is 2.53. The first kappa shape index (κ1) is 14.3. The summed E-state index contributed by atoms with van der Waals surface area (Å²) in [6, 6.07) is 2.15. The van der Waals surface area contributed by atoms with Crippen LogP contribution in [-0.4, -0.2) is 43.2 Å². The van der Waals surface area contributed by atoms with Gasteiger partial charge in [-0.25, -0.2) is 4.98 Å². The van der Waals surface area contributed by atoms with Crippen molar-refractivity contribution in [3.8, 4) is 0 Å². The first-order valence-electron chi connectivity index (χ1n) is 7.61. The number of aryl methyl sites for hydroxylation is 2. The van der Waals surface area contributed by atoms with Crippen molar-refractivity contribution in [2.24, 2.45) is 5.73 Å². The zero-order chi connectivity index (χ0) is 14.7. The van der Waals surface area contributed by atoms with E-state index in [-0.39, 0.29) is 6.04 Å². The Balaban J connectivity index is 1.77. The number of nitrogens with one attached hydrogen (secondary N) is 2. The van der Waals surface area contributed by atoms with E-state index in [9.17, 15) is 4.79 Å². The fourth-order valence-corrected chi connectivity index (χ4v) is 2.93. The molecule has 4 N–H and O–H groups in total. The lowest BCUT2D eigenvalue weighted by molar-refractivity contribution is 0.0806. The lowest BCUT2D eigenvalue weighted by atomic mass is 9.94. The first-order chi connectivity index (χ1) is 10.2. The number of nitrogens with zero attached hydrogens (tertiary/aromatic N) is 1. The van der Waals surface area contributed by atoms with Crippen LogP contribution >= 0.6 is 0 Å². The molecule has 0 aromatic carbocycles. The van der Waals surface area contributed by atoms with Crippen molar-refractivity contribution in [1.82, 2.24) is 10.3 Å². The van der Waals surface area contributed by atoms with Crippen LogP contribution in [0.1, 0.15) is 34.5 Å². The molecule has 21 heavy (non-hydrogen) atoms. The molecule has 1 aliphatic heterocycles. The van der Waals surface area contributed by atoms with Gasteiger partial charge in [-0.15, -0.1) is 0 Å². The minimum absolute atomic E-state index is 0.234. The summed E-state index contributed by atoms with van der Waals surface area (Å²) < 4.78 is 5.42. The molecular weight excluding hydrogens is 268 g/mol. The van der Waals surface area contributed by atoms with Crippen molar-refractivity contribution in [1.29, 1.82) is 0 Å². The molecule has 3 rings (SSSR count). The molecule has 0 spiro atoms. The van der Waals surface area contributed by atoms with E-state index in [1.807, 2.05) is 6.07 Å². The molecule has 2 aliphatic rings. The first-order valence-corrected chi connectivity index (χ1v) is 7.61. The van der Waals surface area contributed by atoms with Gasteiger partial charge in [0, 0.05) is 24.8 Å². The number of hydrogen-bond donors (Lipinski definition) is 3. The van der Waals surface area contributed by atoms with Crippen LogP contribution in [0.5, 0.6) is 0 Å². The summed E-state index contributed by atoms with van der Waals surface area (Å²) in [5.41, 5.74) is 8.26. The molecular formula is C15H22N4O2. The maximum atomic E-state index is 11.7. The van der Waals surface area contributed by atoms with Crippen molar-refractivity contribution in [2.45, 2.75) is 31.7 Å². The molecule has 1 fully saturated rings. The van der Waals surface area contributed by atoms with E-state index >= 15 is 0 Å². The number of carbonyl (C=O) groups is 1. The molecule has 1 aliphatic carbocycles. The molecule has 2 heterocycles. The molecule has 1 unspecified atom stereocenters. The summed E-state index contributed by atoms with van der Waals surface area (Å²) in [5.74, 6) is 0.182. The van der Waals surface area contributed by atoms with E-state index < -0.39 is 5.91 Å². The van der Waals surface area contributed by atoms with Crippen LogP contribution in [0.4, 0.5) is 5.82 Å². The summed E-state index contributed by atoms with van der Waals surface area (Å²) in [6.45, 7) is 2.95. The largest absolute Gasteiger partial charge is 0.378 e. The Morgan fingerprint density at radius 1 is 1.48 bits per heavy atom. The summed E-state index contributed by atoms with van der Waals surface area (Å²) in [6.07, 6.45) is 4.28. The Kier molecular flexibility index (Phi) is 4.36. The molecule has 1 saturated heterocycles. The lowest BCUT2D eigenvalue weighted by Crippen LogP contribution is -2.45. The molecule has 6 nitrogen and oxygen atoms in total. The number of nitrogens with two attached hydrogens (primary N) is 1. The fourth-order valence-electron chi connectivity index (χ4n) is 2.93. The number of pyridine rings is 1. The number of carbonyl (C=O) groups excluding carboxylic acids is 1. The minimum Gasteiger partial charge on any atom is -0.378 e. The number of aromatic nitrogens is 1. The molecule has 114 valence electrons. The molecule has 0 bridgehead atoms. The van der Waals surface area contributed by atoms with E-state index in [4.69, 9.17) is 10.5 Å². The van der Waals surface area contributed by atoms with Crippen LogP contribution in [0.2, 0.25) is 0 Å². The monoisotopic (exact) mass is 290 g/mol. The molecule has 1 aromatic rings. The topological polar surface area (TPSA) is 89.3 Å². The van der Waals surface area contributed by atoms with Gasteiger partial charge in [0.15, 0.2) is 0 Å². The van der Waals surface area contributed by atoms with Gasteiger partial charge in [-0.3, -0.25) is 4.79 Å². The average molecular weight is 290 g/mol. The van der Waals surface area contributed by atoms with E-state index in [2.05, 4.69) is 15.6 Å². The highest BCUT2D eigenvalue weighted by Crippen LogP contribution is 2.24. The Bertz CT molecular complexity index is 527. The highest BCUT2D eigenvalue weighted by atomic mass is 16.5. The van der Waals surface area contributed by atoms with Crippen molar-refractivity contribution in [3.05, 3.63) is 22.9 Å².